The van der Waals surface area contributed by atoms with Crippen LogP contribution in [0.2, 0.25) is 5.02 Å². The van der Waals surface area contributed by atoms with Crippen LogP contribution in [-0.2, 0) is 13.5 Å². The number of aryl methyl sites for hydroxylation is 1. The van der Waals surface area contributed by atoms with Crippen LogP contribution in [0.5, 0.6) is 0 Å². The maximum absolute atomic E-state index is 11.9. The number of aromatic carboxylic acids is 1. The molecule has 150 valence electrons. The average Bonchev–Trinajstić information content (AvgIpc) is 3.52. The Morgan fingerprint density at radius 1 is 1.17 bits per heavy atom. The summed E-state index contributed by atoms with van der Waals surface area (Å²) >= 11 is 6.08. The molecule has 1 N–H and O–H groups in total. The molecule has 5 rings (SSSR count). The number of halogens is 1. The monoisotopic (exact) mass is 416 g/mol. The van der Waals surface area contributed by atoms with Crippen molar-refractivity contribution in [1.82, 2.24) is 9.55 Å². The number of carboxylic acid groups (broad SMARTS) is 1. The SMILES string of the molecule is Cn1ccc2cc(Cc3ncc(C4CC4)cc3C(=O)O)cc(-c3ccc(Cl)cc3)c21. The second-order valence-electron chi connectivity index (χ2n) is 8.03. The number of aromatic nitrogens is 2. The van der Waals surface area contributed by atoms with E-state index in [1.807, 2.05) is 49.8 Å². The van der Waals surface area contributed by atoms with E-state index in [9.17, 15) is 9.90 Å². The molecule has 0 atom stereocenters. The van der Waals surface area contributed by atoms with Crippen LogP contribution in [0, 0.1) is 0 Å². The van der Waals surface area contributed by atoms with Gasteiger partial charge >= 0.3 is 5.97 Å². The third-order valence-electron chi connectivity index (χ3n) is 5.83. The van der Waals surface area contributed by atoms with Crippen LogP contribution in [0.15, 0.2) is 60.9 Å². The summed E-state index contributed by atoms with van der Waals surface area (Å²) in [6.07, 6.45) is 6.60. The van der Waals surface area contributed by atoms with E-state index in [0.717, 1.165) is 46.0 Å². The van der Waals surface area contributed by atoms with Crippen molar-refractivity contribution in [2.45, 2.75) is 25.2 Å². The first-order chi connectivity index (χ1) is 14.5. The average molecular weight is 417 g/mol. The van der Waals surface area contributed by atoms with Crippen molar-refractivity contribution < 1.29 is 9.90 Å². The topological polar surface area (TPSA) is 55.1 Å². The van der Waals surface area contributed by atoms with Crippen molar-refractivity contribution in [2.75, 3.05) is 0 Å². The normalized spacial score (nSPS) is 13.7. The third-order valence-corrected chi connectivity index (χ3v) is 6.08. The van der Waals surface area contributed by atoms with Gasteiger partial charge in [-0.25, -0.2) is 4.79 Å². The molecular weight excluding hydrogens is 396 g/mol. The van der Waals surface area contributed by atoms with E-state index in [1.165, 1.54) is 0 Å². The van der Waals surface area contributed by atoms with E-state index >= 15 is 0 Å². The molecule has 2 aromatic carbocycles. The van der Waals surface area contributed by atoms with Gasteiger partial charge in [0.25, 0.3) is 0 Å². The number of rotatable bonds is 5. The zero-order valence-electron chi connectivity index (χ0n) is 16.6. The number of nitrogens with zero attached hydrogens (tertiary/aromatic N) is 2. The summed E-state index contributed by atoms with van der Waals surface area (Å²) in [6.45, 7) is 0. The van der Waals surface area contributed by atoms with Gasteiger partial charge in [0.15, 0.2) is 0 Å². The third kappa shape index (κ3) is 3.48. The van der Waals surface area contributed by atoms with Crippen LogP contribution in [0.3, 0.4) is 0 Å². The van der Waals surface area contributed by atoms with E-state index in [-0.39, 0.29) is 0 Å². The lowest BCUT2D eigenvalue weighted by Crippen LogP contribution is -2.07. The van der Waals surface area contributed by atoms with Crippen LogP contribution in [0.4, 0.5) is 0 Å². The Balaban J connectivity index is 1.60. The summed E-state index contributed by atoms with van der Waals surface area (Å²) in [5, 5.41) is 11.6. The van der Waals surface area contributed by atoms with E-state index in [1.54, 1.807) is 0 Å². The molecule has 2 heterocycles. The lowest BCUT2D eigenvalue weighted by molar-refractivity contribution is 0.0695. The van der Waals surface area contributed by atoms with Gasteiger partial charge in [-0.15, -0.1) is 0 Å². The van der Waals surface area contributed by atoms with Crippen molar-refractivity contribution in [3.63, 3.8) is 0 Å². The number of fused-ring (bicyclic) bond motifs is 1. The Kier molecular flexibility index (Phi) is 4.59. The Morgan fingerprint density at radius 2 is 1.93 bits per heavy atom. The highest BCUT2D eigenvalue weighted by Crippen LogP contribution is 2.40. The number of hydrogen-bond acceptors (Lipinski definition) is 2. The van der Waals surface area contributed by atoms with Gasteiger partial charge in [0.2, 0.25) is 0 Å². The van der Waals surface area contributed by atoms with Crippen LogP contribution >= 0.6 is 11.6 Å². The van der Waals surface area contributed by atoms with Crippen molar-refractivity contribution in [2.24, 2.45) is 7.05 Å². The van der Waals surface area contributed by atoms with Gasteiger partial charge in [0.1, 0.15) is 0 Å². The smallest absolute Gasteiger partial charge is 0.337 e. The molecule has 1 aliphatic carbocycles. The number of hydrogen-bond donors (Lipinski definition) is 1. The zero-order valence-corrected chi connectivity index (χ0v) is 17.4. The van der Waals surface area contributed by atoms with Crippen LogP contribution < -0.4 is 0 Å². The molecule has 30 heavy (non-hydrogen) atoms. The molecule has 4 nitrogen and oxygen atoms in total. The standard InChI is InChI=1S/C25H21ClN2O2/c1-28-9-8-18-10-15(11-21(24(18)28)17-4-6-20(26)7-5-17)12-23-22(25(29)30)13-19(14-27-23)16-2-3-16/h4-11,13-14,16H,2-3,12H2,1H3,(H,29,30). The van der Waals surface area contributed by atoms with Crippen LogP contribution in [0.1, 0.15) is 45.9 Å². The molecule has 0 aliphatic heterocycles. The first kappa shape index (κ1) is 18.9. The Labute approximate surface area is 179 Å². The van der Waals surface area contributed by atoms with Crippen LogP contribution in [-0.4, -0.2) is 20.6 Å². The molecule has 5 heteroatoms. The van der Waals surface area contributed by atoms with E-state index in [0.29, 0.717) is 28.6 Å². The largest absolute Gasteiger partial charge is 0.478 e. The van der Waals surface area contributed by atoms with Gasteiger partial charge in [-0.1, -0.05) is 23.7 Å². The summed E-state index contributed by atoms with van der Waals surface area (Å²) in [7, 11) is 2.03. The maximum atomic E-state index is 11.9. The molecular formula is C25H21ClN2O2. The van der Waals surface area contributed by atoms with Crippen molar-refractivity contribution in [1.29, 1.82) is 0 Å². The van der Waals surface area contributed by atoms with Gasteiger partial charge in [0, 0.05) is 41.8 Å². The van der Waals surface area contributed by atoms with Crippen molar-refractivity contribution >= 4 is 28.5 Å². The number of pyridine rings is 1. The highest BCUT2D eigenvalue weighted by atomic mass is 35.5. The predicted octanol–water partition coefficient (Wildman–Crippen LogP) is 6.06. The maximum Gasteiger partial charge on any atom is 0.337 e. The van der Waals surface area contributed by atoms with Crippen LogP contribution in [0.25, 0.3) is 22.0 Å². The van der Waals surface area contributed by atoms with Gasteiger partial charge in [-0.05, 0) is 71.8 Å². The molecule has 1 aliphatic rings. The van der Waals surface area contributed by atoms with E-state index in [2.05, 4.69) is 27.8 Å². The summed E-state index contributed by atoms with van der Waals surface area (Å²) in [5.41, 5.74) is 6.28. The Morgan fingerprint density at radius 3 is 2.63 bits per heavy atom. The van der Waals surface area contributed by atoms with E-state index < -0.39 is 5.97 Å². The summed E-state index contributed by atoms with van der Waals surface area (Å²) < 4.78 is 2.11. The van der Waals surface area contributed by atoms with Crippen molar-refractivity contribution in [3.8, 4) is 11.1 Å². The highest BCUT2D eigenvalue weighted by Gasteiger charge is 2.26. The molecule has 0 unspecified atom stereocenters. The molecule has 4 aromatic rings. The first-order valence-electron chi connectivity index (χ1n) is 10.1. The molecule has 1 fully saturated rings. The minimum Gasteiger partial charge on any atom is -0.478 e. The quantitative estimate of drug-likeness (QED) is 0.430. The molecule has 1 saturated carbocycles. The van der Waals surface area contributed by atoms with Gasteiger partial charge < -0.3 is 9.67 Å². The molecule has 0 radical (unpaired) electrons. The number of benzene rings is 2. The summed E-state index contributed by atoms with van der Waals surface area (Å²) in [5.74, 6) is -0.444. The summed E-state index contributed by atoms with van der Waals surface area (Å²) in [6, 6.07) is 15.9. The fraction of sp³-hybridized carbons (Fsp3) is 0.200. The predicted molar refractivity (Wildman–Crippen MR) is 119 cm³/mol. The molecule has 0 saturated heterocycles. The Hall–Kier alpha value is -3.11. The second-order valence-corrected chi connectivity index (χ2v) is 8.47. The van der Waals surface area contributed by atoms with Gasteiger partial charge in [0.05, 0.1) is 16.8 Å². The Bertz CT molecular complexity index is 1270. The lowest BCUT2D eigenvalue weighted by atomic mass is 9.96. The minimum absolute atomic E-state index is 0.306. The molecule has 0 bridgehead atoms. The fourth-order valence-electron chi connectivity index (χ4n) is 4.13. The molecule has 2 aromatic heterocycles. The zero-order chi connectivity index (χ0) is 20.8. The molecule has 0 amide bonds. The number of carbonyl (C=O) groups is 1. The first-order valence-corrected chi connectivity index (χ1v) is 10.4. The summed E-state index contributed by atoms with van der Waals surface area (Å²) in [4.78, 5) is 16.4. The van der Waals surface area contributed by atoms with E-state index in [4.69, 9.17) is 11.6 Å². The lowest BCUT2D eigenvalue weighted by Gasteiger charge is -2.12. The van der Waals surface area contributed by atoms with Crippen molar-refractivity contribution in [3.05, 3.63) is 88.3 Å². The highest BCUT2D eigenvalue weighted by molar-refractivity contribution is 6.30. The molecule has 0 spiro atoms. The second kappa shape index (κ2) is 7.29. The van der Waals surface area contributed by atoms with Gasteiger partial charge in [-0.3, -0.25) is 4.98 Å². The minimum atomic E-state index is -0.918. The number of carboxylic acids is 1. The fourth-order valence-corrected chi connectivity index (χ4v) is 4.25. The van der Waals surface area contributed by atoms with Gasteiger partial charge in [-0.2, -0.15) is 0 Å².